The lowest BCUT2D eigenvalue weighted by Gasteiger charge is -2.26. The first kappa shape index (κ1) is 24.4. The molecule has 3 rings (SSSR count). The summed E-state index contributed by atoms with van der Waals surface area (Å²) in [6.45, 7) is 9.61. The second kappa shape index (κ2) is 12.2. The third-order valence-corrected chi connectivity index (χ3v) is 6.60. The van der Waals surface area contributed by atoms with Gasteiger partial charge >= 0.3 is 0 Å². The molecule has 32 heavy (non-hydrogen) atoms. The van der Waals surface area contributed by atoms with Crippen LogP contribution in [0.25, 0.3) is 0 Å². The van der Waals surface area contributed by atoms with E-state index < -0.39 is 0 Å². The maximum absolute atomic E-state index is 11.9. The number of carbonyl (C=O) groups is 1. The number of aromatic nitrogens is 2. The van der Waals surface area contributed by atoms with E-state index in [1.165, 1.54) is 6.34 Å². The summed E-state index contributed by atoms with van der Waals surface area (Å²) in [6, 6.07) is 0.419. The van der Waals surface area contributed by atoms with Crippen molar-refractivity contribution in [3.8, 4) is 0 Å². The zero-order chi connectivity index (χ0) is 22.9. The first-order valence-electron chi connectivity index (χ1n) is 11.5. The highest BCUT2D eigenvalue weighted by Crippen LogP contribution is 2.24. The van der Waals surface area contributed by atoms with Crippen LogP contribution >= 0.6 is 15.9 Å². The Balaban J connectivity index is 1.56. The van der Waals surface area contributed by atoms with Gasteiger partial charge < -0.3 is 20.9 Å². The first-order chi connectivity index (χ1) is 15.5. The van der Waals surface area contributed by atoms with E-state index in [2.05, 4.69) is 53.9 Å². The molecule has 10 heteroatoms. The van der Waals surface area contributed by atoms with E-state index in [1.807, 2.05) is 18.0 Å². The highest BCUT2D eigenvalue weighted by Gasteiger charge is 2.24. The van der Waals surface area contributed by atoms with Crippen LogP contribution < -0.4 is 11.1 Å². The molecule has 2 aliphatic heterocycles. The lowest BCUT2D eigenvalue weighted by Crippen LogP contribution is -2.36. The predicted octanol–water partition coefficient (Wildman–Crippen LogP) is 2.89. The number of halogens is 1. The molecule has 1 aromatic heterocycles. The van der Waals surface area contributed by atoms with Crippen molar-refractivity contribution in [3.63, 3.8) is 0 Å². The largest absolute Gasteiger partial charge is 0.390 e. The molecule has 2 saturated heterocycles. The van der Waals surface area contributed by atoms with Gasteiger partial charge in [0.15, 0.2) is 5.84 Å². The number of amides is 1. The Bertz CT molecular complexity index is 862. The molecule has 0 spiro atoms. The number of hydrogen-bond donors (Lipinski definition) is 2. The van der Waals surface area contributed by atoms with Gasteiger partial charge in [-0.05, 0) is 55.1 Å². The molecular formula is C22H35BrN8O. The van der Waals surface area contributed by atoms with Gasteiger partial charge in [0.2, 0.25) is 5.91 Å². The first-order valence-corrected chi connectivity index (χ1v) is 12.3. The van der Waals surface area contributed by atoms with Gasteiger partial charge in [0.25, 0.3) is 0 Å². The quantitative estimate of drug-likeness (QED) is 0.304. The van der Waals surface area contributed by atoms with Crippen LogP contribution in [0.5, 0.6) is 0 Å². The highest BCUT2D eigenvalue weighted by molar-refractivity contribution is 9.12. The predicted molar refractivity (Wildman–Crippen MR) is 133 cm³/mol. The Hall–Kier alpha value is -2.20. The molecular weight excluding hydrogens is 472 g/mol. The molecule has 0 saturated carbocycles. The summed E-state index contributed by atoms with van der Waals surface area (Å²) in [6.07, 6.45) is 9.81. The fraction of sp³-hybridized carbons (Fsp3) is 0.636. The Morgan fingerprint density at radius 1 is 1.41 bits per heavy atom. The van der Waals surface area contributed by atoms with Crippen molar-refractivity contribution in [2.24, 2.45) is 15.7 Å². The molecule has 2 fully saturated rings. The molecule has 0 aromatic carbocycles. The van der Waals surface area contributed by atoms with E-state index in [1.54, 1.807) is 0 Å². The summed E-state index contributed by atoms with van der Waals surface area (Å²) in [5.41, 5.74) is 7.43. The molecule has 0 bridgehead atoms. The van der Waals surface area contributed by atoms with Crippen molar-refractivity contribution in [1.29, 1.82) is 0 Å². The Morgan fingerprint density at radius 3 is 2.97 bits per heavy atom. The molecule has 1 unspecified atom stereocenters. The van der Waals surface area contributed by atoms with Crippen molar-refractivity contribution in [2.45, 2.75) is 52.0 Å². The van der Waals surface area contributed by atoms with Crippen molar-refractivity contribution in [1.82, 2.24) is 19.6 Å². The van der Waals surface area contributed by atoms with Crippen LogP contribution in [0, 0.1) is 6.92 Å². The van der Waals surface area contributed by atoms with E-state index in [0.29, 0.717) is 29.3 Å². The van der Waals surface area contributed by atoms with Gasteiger partial charge in [-0.25, -0.2) is 4.99 Å². The minimum Gasteiger partial charge on any atom is -0.390 e. The fourth-order valence-corrected chi connectivity index (χ4v) is 4.47. The second-order valence-electron chi connectivity index (χ2n) is 8.26. The number of nitrogens with one attached hydrogen (secondary N) is 1. The fourth-order valence-electron chi connectivity index (χ4n) is 4.12. The minimum absolute atomic E-state index is 0.252. The maximum Gasteiger partial charge on any atom is 0.222 e. The third kappa shape index (κ3) is 6.65. The number of hydrogen-bond acceptors (Lipinski definition) is 5. The van der Waals surface area contributed by atoms with Gasteiger partial charge in [0, 0.05) is 51.5 Å². The summed E-state index contributed by atoms with van der Waals surface area (Å²) < 4.78 is 2.78. The lowest BCUT2D eigenvalue weighted by molar-refractivity contribution is -0.133. The SMILES string of the molecule is CCN1CCC(n2cc(NC=C(Br)C(N=CN)=NCCCN3CCCCC3=O)c(C)n2)C1. The number of aliphatic imine (C=N–C) groups is 2. The summed E-state index contributed by atoms with van der Waals surface area (Å²) in [7, 11) is 0. The number of amidine groups is 1. The van der Waals surface area contributed by atoms with E-state index in [-0.39, 0.29) is 5.91 Å². The number of likely N-dealkylation sites (tertiary alicyclic amines) is 2. The van der Waals surface area contributed by atoms with Crippen molar-refractivity contribution >= 4 is 39.7 Å². The number of anilines is 1. The number of piperidine rings is 1. The van der Waals surface area contributed by atoms with Crippen LogP contribution in [-0.4, -0.2) is 76.9 Å². The van der Waals surface area contributed by atoms with Crippen molar-refractivity contribution < 1.29 is 4.79 Å². The number of carbonyl (C=O) groups excluding carboxylic acids is 1. The van der Waals surface area contributed by atoms with Crippen LogP contribution in [0.3, 0.4) is 0 Å². The average Bonchev–Trinajstić information content (AvgIpc) is 3.42. The van der Waals surface area contributed by atoms with Gasteiger partial charge in [-0.3, -0.25) is 14.5 Å². The number of likely N-dealkylation sites (N-methyl/N-ethyl adjacent to an activating group) is 1. The Labute approximate surface area is 199 Å². The van der Waals surface area contributed by atoms with Crippen molar-refractivity contribution in [3.05, 3.63) is 22.6 Å². The highest BCUT2D eigenvalue weighted by atomic mass is 79.9. The van der Waals surface area contributed by atoms with Gasteiger partial charge in [0.05, 0.1) is 28.2 Å². The molecule has 2 aliphatic rings. The summed E-state index contributed by atoms with van der Waals surface area (Å²) in [4.78, 5) is 25.0. The molecule has 1 aromatic rings. The summed E-state index contributed by atoms with van der Waals surface area (Å²) >= 11 is 3.56. The number of aryl methyl sites for hydroxylation is 1. The monoisotopic (exact) mass is 506 g/mol. The van der Waals surface area contributed by atoms with Crippen LogP contribution in [-0.2, 0) is 4.79 Å². The summed E-state index contributed by atoms with van der Waals surface area (Å²) in [5.74, 6) is 0.769. The minimum atomic E-state index is 0.252. The average molecular weight is 507 g/mol. The van der Waals surface area contributed by atoms with Crippen LogP contribution in [0.1, 0.15) is 50.8 Å². The topological polar surface area (TPSA) is 104 Å². The molecule has 0 aliphatic carbocycles. The zero-order valence-corrected chi connectivity index (χ0v) is 20.7. The van der Waals surface area contributed by atoms with Gasteiger partial charge in [-0.1, -0.05) is 6.92 Å². The Kier molecular flexibility index (Phi) is 9.28. The molecule has 1 amide bonds. The number of nitrogens with two attached hydrogens (primary N) is 1. The molecule has 1 atom stereocenters. The van der Waals surface area contributed by atoms with E-state index in [9.17, 15) is 4.79 Å². The molecule has 3 N–H and O–H groups in total. The summed E-state index contributed by atoms with van der Waals surface area (Å²) in [5, 5.41) is 8.02. The molecule has 3 heterocycles. The Morgan fingerprint density at radius 2 is 2.25 bits per heavy atom. The lowest BCUT2D eigenvalue weighted by atomic mass is 10.1. The maximum atomic E-state index is 11.9. The standard InChI is InChI=1S/C22H35BrN8O/c1-3-29-12-8-18(14-29)31-15-20(17(2)28-31)26-13-19(23)22(27-16-24)25-9-6-11-30-10-5-4-7-21(30)32/h13,15-16,18,26H,3-12,14H2,1-2H3,(H2,24,25,27). The smallest absolute Gasteiger partial charge is 0.222 e. The third-order valence-electron chi connectivity index (χ3n) is 6.02. The zero-order valence-electron chi connectivity index (χ0n) is 19.1. The van der Waals surface area contributed by atoms with Crippen LogP contribution in [0.2, 0.25) is 0 Å². The number of rotatable bonds is 9. The van der Waals surface area contributed by atoms with Crippen LogP contribution in [0.15, 0.2) is 26.9 Å². The van der Waals surface area contributed by atoms with Gasteiger partial charge in [0.1, 0.15) is 0 Å². The molecule has 9 nitrogen and oxygen atoms in total. The molecule has 0 radical (unpaired) electrons. The van der Waals surface area contributed by atoms with E-state index in [0.717, 1.165) is 69.8 Å². The normalized spacial score (nSPS) is 21.2. The second-order valence-corrected chi connectivity index (χ2v) is 9.11. The van der Waals surface area contributed by atoms with E-state index >= 15 is 0 Å². The van der Waals surface area contributed by atoms with Gasteiger partial charge in [-0.15, -0.1) is 0 Å². The molecule has 176 valence electrons. The van der Waals surface area contributed by atoms with Crippen molar-refractivity contribution in [2.75, 3.05) is 44.6 Å². The van der Waals surface area contributed by atoms with Crippen LogP contribution in [0.4, 0.5) is 5.69 Å². The van der Waals surface area contributed by atoms with E-state index in [4.69, 9.17) is 10.8 Å². The number of nitrogens with zero attached hydrogens (tertiary/aromatic N) is 6. The van der Waals surface area contributed by atoms with Gasteiger partial charge in [-0.2, -0.15) is 5.10 Å².